The number of hydrogen-bond donors (Lipinski definition) is 0. The standard InChI is InChI=1S/C8H14N2O.C7H12N2O.C7H12N2/c1-8(2)5-11-7-10-4-3-9-6-10;1-7(2)10-6-9-4-3-8-5-9;1-7(2)5-9-4-3-8-6-9/h3-4,6,8H,5,7H2,1-2H3;3-5,7H,6H2,1-2H3;3-4,6-7H,5H2,1-2H3. The molecule has 0 aromatic carbocycles. The third-order valence-electron chi connectivity index (χ3n) is 3.50. The lowest BCUT2D eigenvalue weighted by molar-refractivity contribution is 0.0286. The second-order valence-electron chi connectivity index (χ2n) is 8.05. The molecule has 0 saturated heterocycles. The lowest BCUT2D eigenvalue weighted by Crippen LogP contribution is -2.06. The third-order valence-corrected chi connectivity index (χ3v) is 3.50. The summed E-state index contributed by atoms with van der Waals surface area (Å²) in [4.78, 5) is 11.7. The molecule has 0 N–H and O–H groups in total. The van der Waals surface area contributed by atoms with Gasteiger partial charge in [-0.3, -0.25) is 0 Å². The molecular weight excluding hydrogens is 380 g/mol. The zero-order chi connectivity index (χ0) is 22.2. The predicted octanol–water partition coefficient (Wildman–Crippen LogP) is 4.32. The molecule has 3 rings (SSSR count). The van der Waals surface area contributed by atoms with Crippen LogP contribution < -0.4 is 0 Å². The quantitative estimate of drug-likeness (QED) is 0.517. The Morgan fingerprint density at radius 3 is 1.57 bits per heavy atom. The van der Waals surface area contributed by atoms with E-state index in [4.69, 9.17) is 9.47 Å². The molecule has 0 aliphatic carbocycles. The van der Waals surface area contributed by atoms with Crippen LogP contribution in [0.2, 0.25) is 0 Å². The summed E-state index contributed by atoms with van der Waals surface area (Å²) in [5.74, 6) is 1.30. The number of imidazole rings is 3. The summed E-state index contributed by atoms with van der Waals surface area (Å²) >= 11 is 0. The van der Waals surface area contributed by atoms with Gasteiger partial charge in [0.2, 0.25) is 0 Å². The van der Waals surface area contributed by atoms with Crippen molar-refractivity contribution in [2.45, 2.75) is 67.7 Å². The van der Waals surface area contributed by atoms with E-state index in [1.165, 1.54) is 0 Å². The van der Waals surface area contributed by atoms with Crippen LogP contribution in [-0.4, -0.2) is 41.4 Å². The molecule has 8 heteroatoms. The summed E-state index contributed by atoms with van der Waals surface area (Å²) in [7, 11) is 0. The van der Waals surface area contributed by atoms with Crippen LogP contribution in [0.4, 0.5) is 0 Å². The van der Waals surface area contributed by atoms with E-state index < -0.39 is 0 Å². The lowest BCUT2D eigenvalue weighted by Gasteiger charge is -2.06. The maximum absolute atomic E-state index is 5.36. The first kappa shape index (κ1) is 25.6. The molecule has 0 bridgehead atoms. The van der Waals surface area contributed by atoms with Gasteiger partial charge in [0.05, 0.1) is 31.7 Å². The summed E-state index contributed by atoms with van der Waals surface area (Å²) in [5, 5.41) is 0. The van der Waals surface area contributed by atoms with Crippen molar-refractivity contribution in [3.8, 4) is 0 Å². The fourth-order valence-corrected chi connectivity index (χ4v) is 2.17. The highest BCUT2D eigenvalue weighted by molar-refractivity contribution is 4.74. The Kier molecular flexibility index (Phi) is 13.1. The lowest BCUT2D eigenvalue weighted by atomic mass is 10.2. The molecule has 168 valence electrons. The van der Waals surface area contributed by atoms with Crippen LogP contribution in [0.3, 0.4) is 0 Å². The average Bonchev–Trinajstić information content (AvgIpc) is 3.44. The van der Waals surface area contributed by atoms with Gasteiger partial charge < -0.3 is 23.2 Å². The number of nitrogens with zero attached hydrogens (tertiary/aromatic N) is 6. The van der Waals surface area contributed by atoms with E-state index in [1.54, 1.807) is 25.0 Å². The molecule has 0 aliphatic heterocycles. The van der Waals surface area contributed by atoms with Gasteiger partial charge in [-0.25, -0.2) is 15.0 Å². The van der Waals surface area contributed by atoms with Crippen molar-refractivity contribution in [2.24, 2.45) is 11.8 Å². The maximum atomic E-state index is 5.36. The van der Waals surface area contributed by atoms with Crippen molar-refractivity contribution >= 4 is 0 Å². The van der Waals surface area contributed by atoms with Gasteiger partial charge in [-0.2, -0.15) is 0 Å². The predicted molar refractivity (Wildman–Crippen MR) is 119 cm³/mol. The Hall–Kier alpha value is -2.45. The summed E-state index contributed by atoms with van der Waals surface area (Å²) in [6.45, 7) is 15.8. The fraction of sp³-hybridized carbons (Fsp3) is 0.591. The molecule has 30 heavy (non-hydrogen) atoms. The molecule has 0 amide bonds. The van der Waals surface area contributed by atoms with Crippen molar-refractivity contribution in [3.05, 3.63) is 56.2 Å². The third kappa shape index (κ3) is 13.7. The summed E-state index contributed by atoms with van der Waals surface area (Å²) in [6, 6.07) is 0. The molecule has 0 radical (unpaired) electrons. The van der Waals surface area contributed by atoms with E-state index in [2.05, 4.69) is 47.2 Å². The zero-order valence-corrected chi connectivity index (χ0v) is 19.3. The number of rotatable bonds is 9. The summed E-state index contributed by atoms with van der Waals surface area (Å²) < 4.78 is 16.6. The molecule has 0 aliphatic rings. The Morgan fingerprint density at radius 1 is 0.667 bits per heavy atom. The molecule has 3 aromatic rings. The number of aromatic nitrogens is 6. The molecule has 8 nitrogen and oxygen atoms in total. The van der Waals surface area contributed by atoms with Crippen molar-refractivity contribution in [1.82, 2.24) is 28.7 Å². The van der Waals surface area contributed by atoms with Gasteiger partial charge in [0.15, 0.2) is 0 Å². The highest BCUT2D eigenvalue weighted by atomic mass is 16.5. The van der Waals surface area contributed by atoms with E-state index in [0.717, 1.165) is 13.2 Å². The largest absolute Gasteiger partial charge is 0.360 e. The highest BCUT2D eigenvalue weighted by Gasteiger charge is 1.94. The molecule has 0 saturated carbocycles. The Morgan fingerprint density at radius 2 is 1.17 bits per heavy atom. The van der Waals surface area contributed by atoms with Crippen LogP contribution in [0, 0.1) is 11.8 Å². The van der Waals surface area contributed by atoms with Crippen molar-refractivity contribution in [2.75, 3.05) is 6.61 Å². The van der Waals surface area contributed by atoms with Crippen LogP contribution in [0.25, 0.3) is 0 Å². The number of hydrogen-bond acceptors (Lipinski definition) is 5. The zero-order valence-electron chi connectivity index (χ0n) is 19.3. The van der Waals surface area contributed by atoms with Crippen LogP contribution in [0.15, 0.2) is 56.2 Å². The maximum Gasteiger partial charge on any atom is 0.124 e. The second kappa shape index (κ2) is 15.4. The molecule has 0 unspecified atom stereocenters. The van der Waals surface area contributed by atoms with Crippen LogP contribution in [-0.2, 0) is 29.5 Å². The highest BCUT2D eigenvalue weighted by Crippen LogP contribution is 1.97. The summed E-state index contributed by atoms with van der Waals surface area (Å²) in [5.41, 5.74) is 0. The minimum absolute atomic E-state index is 0.280. The fourth-order valence-electron chi connectivity index (χ4n) is 2.17. The van der Waals surface area contributed by atoms with E-state index in [1.807, 2.05) is 54.1 Å². The van der Waals surface area contributed by atoms with Crippen LogP contribution >= 0.6 is 0 Å². The number of ether oxygens (including phenoxy) is 2. The molecule has 0 fully saturated rings. The average molecular weight is 419 g/mol. The van der Waals surface area contributed by atoms with E-state index >= 15 is 0 Å². The smallest absolute Gasteiger partial charge is 0.124 e. The van der Waals surface area contributed by atoms with E-state index in [0.29, 0.717) is 25.3 Å². The first-order valence-electron chi connectivity index (χ1n) is 10.4. The Bertz CT molecular complexity index is 707. The summed E-state index contributed by atoms with van der Waals surface area (Å²) in [6.07, 6.45) is 16.7. The normalized spacial score (nSPS) is 10.7. The van der Waals surface area contributed by atoms with Gasteiger partial charge in [0.1, 0.15) is 13.5 Å². The molecule has 0 spiro atoms. The van der Waals surface area contributed by atoms with Crippen molar-refractivity contribution in [3.63, 3.8) is 0 Å². The topological polar surface area (TPSA) is 71.9 Å². The van der Waals surface area contributed by atoms with Gasteiger partial charge in [0.25, 0.3) is 0 Å². The SMILES string of the molecule is CC(C)COCn1ccnc1.CC(C)Cn1ccnc1.CC(C)OCn1ccnc1. The monoisotopic (exact) mass is 418 g/mol. The Labute approximate surface area is 180 Å². The second-order valence-corrected chi connectivity index (χ2v) is 8.05. The van der Waals surface area contributed by atoms with Crippen molar-refractivity contribution < 1.29 is 9.47 Å². The molecular formula is C22H38N6O2. The first-order chi connectivity index (χ1) is 14.4. The molecule has 3 aromatic heterocycles. The van der Waals surface area contributed by atoms with Gasteiger partial charge in [-0.15, -0.1) is 0 Å². The van der Waals surface area contributed by atoms with Crippen molar-refractivity contribution in [1.29, 1.82) is 0 Å². The Balaban J connectivity index is 0.000000226. The van der Waals surface area contributed by atoms with Gasteiger partial charge in [0, 0.05) is 43.7 Å². The van der Waals surface area contributed by atoms with Gasteiger partial charge in [-0.05, 0) is 25.7 Å². The van der Waals surface area contributed by atoms with Gasteiger partial charge in [-0.1, -0.05) is 27.7 Å². The van der Waals surface area contributed by atoms with E-state index in [9.17, 15) is 0 Å². The molecule has 3 heterocycles. The van der Waals surface area contributed by atoms with E-state index in [-0.39, 0.29) is 6.10 Å². The van der Waals surface area contributed by atoms with Crippen LogP contribution in [0.1, 0.15) is 41.5 Å². The minimum Gasteiger partial charge on any atom is -0.360 e. The van der Waals surface area contributed by atoms with Gasteiger partial charge >= 0.3 is 0 Å². The first-order valence-corrected chi connectivity index (χ1v) is 10.4. The van der Waals surface area contributed by atoms with Crippen LogP contribution in [0.5, 0.6) is 0 Å². The molecule has 0 atom stereocenters. The minimum atomic E-state index is 0.280.